The summed E-state index contributed by atoms with van der Waals surface area (Å²) in [7, 11) is -0.249. The minimum Gasteiger partial charge on any atom is -0.469 e. The van der Waals surface area contributed by atoms with E-state index in [0.717, 1.165) is 12.8 Å². The van der Waals surface area contributed by atoms with Gasteiger partial charge in [0.25, 0.3) is 0 Å². The molecule has 0 N–H and O–H groups in total. The third-order valence-electron chi connectivity index (χ3n) is 6.78. The van der Waals surface area contributed by atoms with Crippen LogP contribution in [0, 0.1) is 0 Å². The molecule has 0 amide bonds. The van der Waals surface area contributed by atoms with Crippen LogP contribution in [0.5, 0.6) is 0 Å². The monoisotopic (exact) mass is 442 g/mol. The second-order valence-electron chi connectivity index (χ2n) is 10.6. The molecule has 0 radical (unpaired) electrons. The number of unbranched alkanes of at least 4 members (excludes halogenated alkanes) is 11. The number of hydrogen-bond donors (Lipinski definition) is 0. The first-order valence-electron chi connectivity index (χ1n) is 12.9. The molecule has 3 nitrogen and oxygen atoms in total. The number of carbonyl (C=O) groups excluding carboxylic acids is 1. The van der Waals surface area contributed by atoms with E-state index in [1.165, 1.54) is 90.6 Å². The first-order valence-corrected chi connectivity index (χ1v) is 15.8. The van der Waals surface area contributed by atoms with E-state index in [9.17, 15) is 4.79 Å². The first kappa shape index (κ1) is 29.6. The average Bonchev–Trinajstić information content (AvgIpc) is 2.67. The van der Waals surface area contributed by atoms with Crippen molar-refractivity contribution < 1.29 is 14.0 Å². The van der Waals surface area contributed by atoms with Gasteiger partial charge in [0, 0.05) is 12.5 Å². The molecule has 0 aromatic heterocycles. The molecule has 4 heteroatoms. The number of hydrogen-bond acceptors (Lipinski definition) is 3. The highest BCUT2D eigenvalue weighted by molar-refractivity contribution is 6.74. The smallest absolute Gasteiger partial charge is 0.305 e. The Labute approximate surface area is 190 Å². The Kier molecular flexibility index (Phi) is 17.0. The zero-order chi connectivity index (χ0) is 22.9. The summed E-state index contributed by atoms with van der Waals surface area (Å²) in [4.78, 5) is 11.2. The maximum absolute atomic E-state index is 11.2. The topological polar surface area (TPSA) is 35.5 Å². The lowest BCUT2D eigenvalue weighted by molar-refractivity contribution is -0.140. The first-order chi connectivity index (χ1) is 14.1. The standard InChI is InChI=1S/C26H54O3Si/c1-8-9-10-11-12-13-14-15-18-21-24(29-30(6,7)26(2,3)4)22-19-16-17-20-23-25(27)28-5/h24H,8-23H2,1-7H3. The van der Waals surface area contributed by atoms with E-state index in [1.807, 2.05) is 0 Å². The number of carbonyl (C=O) groups is 1. The highest BCUT2D eigenvalue weighted by Crippen LogP contribution is 2.38. The highest BCUT2D eigenvalue weighted by Gasteiger charge is 2.38. The quantitative estimate of drug-likeness (QED) is 0.114. The van der Waals surface area contributed by atoms with Gasteiger partial charge in [-0.1, -0.05) is 105 Å². The Morgan fingerprint density at radius 2 is 1.20 bits per heavy atom. The van der Waals surface area contributed by atoms with E-state index in [4.69, 9.17) is 9.16 Å². The van der Waals surface area contributed by atoms with E-state index >= 15 is 0 Å². The molecule has 0 saturated carbocycles. The molecule has 1 unspecified atom stereocenters. The number of rotatable bonds is 19. The zero-order valence-corrected chi connectivity index (χ0v) is 22.6. The molecule has 0 fully saturated rings. The second kappa shape index (κ2) is 17.2. The number of methoxy groups -OCH3 is 1. The van der Waals surface area contributed by atoms with Crippen LogP contribution in [0.4, 0.5) is 0 Å². The van der Waals surface area contributed by atoms with Crippen molar-refractivity contribution in [1.82, 2.24) is 0 Å². The van der Waals surface area contributed by atoms with Gasteiger partial charge in [0.15, 0.2) is 8.32 Å². The highest BCUT2D eigenvalue weighted by atomic mass is 28.4. The summed E-state index contributed by atoms with van der Waals surface area (Å²) in [5, 5.41) is 0.268. The zero-order valence-electron chi connectivity index (χ0n) is 21.6. The summed E-state index contributed by atoms with van der Waals surface area (Å²) < 4.78 is 11.5. The third kappa shape index (κ3) is 15.4. The maximum atomic E-state index is 11.2. The van der Waals surface area contributed by atoms with Gasteiger partial charge in [-0.2, -0.15) is 0 Å². The van der Waals surface area contributed by atoms with E-state index in [1.54, 1.807) is 0 Å². The summed E-state index contributed by atoms with van der Waals surface area (Å²) in [6.07, 6.45) is 20.2. The molecular formula is C26H54O3Si. The Hall–Kier alpha value is -0.353. The summed E-state index contributed by atoms with van der Waals surface area (Å²) in [5.41, 5.74) is 0. The molecule has 0 aliphatic rings. The SMILES string of the molecule is CCCCCCCCCCCC(CCCCCCC(=O)OC)O[Si](C)(C)C(C)(C)C. The molecule has 30 heavy (non-hydrogen) atoms. The van der Waals surface area contributed by atoms with Crippen LogP contribution in [0.15, 0.2) is 0 Å². The second-order valence-corrected chi connectivity index (χ2v) is 15.4. The fraction of sp³-hybridized carbons (Fsp3) is 0.962. The minimum absolute atomic E-state index is 0.0838. The van der Waals surface area contributed by atoms with Crippen LogP contribution in [-0.4, -0.2) is 27.5 Å². The molecule has 0 rings (SSSR count). The van der Waals surface area contributed by atoms with Crippen LogP contribution in [0.2, 0.25) is 18.1 Å². The van der Waals surface area contributed by atoms with Crippen LogP contribution in [0.3, 0.4) is 0 Å². The lowest BCUT2D eigenvalue weighted by atomic mass is 10.0. The summed E-state index contributed by atoms with van der Waals surface area (Å²) >= 11 is 0. The van der Waals surface area contributed by atoms with Crippen LogP contribution >= 0.6 is 0 Å². The van der Waals surface area contributed by atoms with Crippen molar-refractivity contribution in [3.8, 4) is 0 Å². The molecule has 0 aromatic carbocycles. The van der Waals surface area contributed by atoms with E-state index in [2.05, 4.69) is 40.8 Å². The largest absolute Gasteiger partial charge is 0.469 e. The third-order valence-corrected chi connectivity index (χ3v) is 11.3. The van der Waals surface area contributed by atoms with E-state index in [0.29, 0.717) is 12.5 Å². The molecule has 0 spiro atoms. The Bertz CT molecular complexity index is 415. The predicted octanol–water partition coefficient (Wildman–Crippen LogP) is 8.81. The molecule has 0 saturated heterocycles. The molecule has 180 valence electrons. The molecule has 0 aliphatic carbocycles. The van der Waals surface area contributed by atoms with Crippen LogP contribution < -0.4 is 0 Å². The Balaban J connectivity index is 4.21. The van der Waals surface area contributed by atoms with E-state index < -0.39 is 8.32 Å². The van der Waals surface area contributed by atoms with Gasteiger partial charge in [0.05, 0.1) is 7.11 Å². The van der Waals surface area contributed by atoms with Gasteiger partial charge in [-0.05, 0) is 37.4 Å². The fourth-order valence-electron chi connectivity index (χ4n) is 3.64. The van der Waals surface area contributed by atoms with Crippen LogP contribution in [-0.2, 0) is 14.0 Å². The normalized spacial score (nSPS) is 13.4. The lowest BCUT2D eigenvalue weighted by Gasteiger charge is -2.39. The van der Waals surface area contributed by atoms with Gasteiger partial charge >= 0.3 is 5.97 Å². The van der Waals surface area contributed by atoms with Crippen molar-refractivity contribution in [2.75, 3.05) is 7.11 Å². The van der Waals surface area contributed by atoms with Crippen LogP contribution in [0.1, 0.15) is 130 Å². The van der Waals surface area contributed by atoms with Crippen molar-refractivity contribution in [2.24, 2.45) is 0 Å². The fourth-order valence-corrected chi connectivity index (χ4v) is 5.06. The van der Waals surface area contributed by atoms with Crippen molar-refractivity contribution >= 4 is 14.3 Å². The van der Waals surface area contributed by atoms with Crippen molar-refractivity contribution in [3.63, 3.8) is 0 Å². The van der Waals surface area contributed by atoms with Gasteiger partial charge < -0.3 is 9.16 Å². The van der Waals surface area contributed by atoms with Crippen molar-refractivity contribution in [1.29, 1.82) is 0 Å². The molecule has 0 bridgehead atoms. The van der Waals surface area contributed by atoms with Gasteiger partial charge in [0.2, 0.25) is 0 Å². The van der Waals surface area contributed by atoms with Crippen molar-refractivity contribution in [3.05, 3.63) is 0 Å². The van der Waals surface area contributed by atoms with E-state index in [-0.39, 0.29) is 11.0 Å². The van der Waals surface area contributed by atoms with Gasteiger partial charge in [0.1, 0.15) is 0 Å². The van der Waals surface area contributed by atoms with Crippen molar-refractivity contribution in [2.45, 2.75) is 155 Å². The molecular weight excluding hydrogens is 388 g/mol. The van der Waals surface area contributed by atoms with Gasteiger partial charge in [-0.25, -0.2) is 0 Å². The Morgan fingerprint density at radius 3 is 1.63 bits per heavy atom. The molecule has 0 aliphatic heterocycles. The molecule has 0 heterocycles. The maximum Gasteiger partial charge on any atom is 0.305 e. The van der Waals surface area contributed by atoms with Gasteiger partial charge in [-0.3, -0.25) is 4.79 Å². The summed E-state index contributed by atoms with van der Waals surface area (Å²) in [5.74, 6) is -0.0838. The van der Waals surface area contributed by atoms with Crippen LogP contribution in [0.25, 0.3) is 0 Å². The number of esters is 1. The summed E-state index contributed by atoms with van der Waals surface area (Å²) in [6, 6.07) is 0. The Morgan fingerprint density at radius 1 is 0.767 bits per heavy atom. The summed E-state index contributed by atoms with van der Waals surface area (Å²) in [6.45, 7) is 14.1. The van der Waals surface area contributed by atoms with Gasteiger partial charge in [-0.15, -0.1) is 0 Å². The minimum atomic E-state index is -1.72. The molecule has 0 aromatic rings. The lowest BCUT2D eigenvalue weighted by Crippen LogP contribution is -2.44. The molecule has 1 atom stereocenters. The average molecular weight is 443 g/mol. The number of ether oxygens (including phenoxy) is 1. The predicted molar refractivity (Wildman–Crippen MR) is 134 cm³/mol.